The maximum atomic E-state index is 6.01. The van der Waals surface area contributed by atoms with E-state index in [4.69, 9.17) is 23.2 Å². The normalized spacial score (nSPS) is 11.7. The van der Waals surface area contributed by atoms with Crippen LogP contribution in [0.3, 0.4) is 0 Å². The summed E-state index contributed by atoms with van der Waals surface area (Å²) in [5.74, 6) is 0.863. The molecule has 0 amide bonds. The second-order valence-electron chi connectivity index (χ2n) is 4.13. The van der Waals surface area contributed by atoms with Crippen LogP contribution in [0.1, 0.15) is 0 Å². The summed E-state index contributed by atoms with van der Waals surface area (Å²) in [6.07, 6.45) is 0. The Bertz CT molecular complexity index is 836. The molecule has 0 spiro atoms. The predicted molar refractivity (Wildman–Crippen MR) is 84.8 cm³/mol. The average Bonchev–Trinajstić information content (AvgIpc) is 3.01. The summed E-state index contributed by atoms with van der Waals surface area (Å²) in [5, 5.41) is 3.17. The zero-order valence-corrected chi connectivity index (χ0v) is 12.6. The van der Waals surface area contributed by atoms with Crippen LogP contribution in [0.15, 0.2) is 29.6 Å². The lowest BCUT2D eigenvalue weighted by Gasteiger charge is -1.93. The van der Waals surface area contributed by atoms with Gasteiger partial charge in [0.15, 0.2) is 0 Å². The quantitative estimate of drug-likeness (QED) is 0.470. The Morgan fingerprint density at radius 1 is 1.05 bits per heavy atom. The van der Waals surface area contributed by atoms with E-state index in [2.05, 4.69) is 27.5 Å². The second-order valence-corrected chi connectivity index (χ2v) is 6.97. The molecule has 0 aliphatic carbocycles. The minimum absolute atomic E-state index is 0.527. The van der Waals surface area contributed by atoms with Crippen molar-refractivity contribution in [2.45, 2.75) is 0 Å². The molecule has 0 radical (unpaired) electrons. The minimum Gasteiger partial charge on any atom is -0.337 e. The summed E-state index contributed by atoms with van der Waals surface area (Å²) in [4.78, 5) is 9.00. The highest BCUT2D eigenvalue weighted by Gasteiger charge is 2.11. The molecule has 94 valence electrons. The molecule has 0 fully saturated rings. The van der Waals surface area contributed by atoms with Gasteiger partial charge in [0, 0.05) is 9.40 Å². The number of aromatic amines is 1. The van der Waals surface area contributed by atoms with Gasteiger partial charge in [0.05, 0.1) is 26.0 Å². The van der Waals surface area contributed by atoms with E-state index < -0.39 is 0 Å². The SMILES string of the molecule is Clc1cc2nc(-c3cc4sccc4s3)[nH]c2cc1Cl. The molecular formula is C13H6Cl2N2S2. The molecule has 2 nitrogen and oxygen atoms in total. The van der Waals surface area contributed by atoms with Gasteiger partial charge in [-0.05, 0) is 29.6 Å². The van der Waals surface area contributed by atoms with Gasteiger partial charge < -0.3 is 4.98 Å². The summed E-state index contributed by atoms with van der Waals surface area (Å²) < 4.78 is 2.58. The van der Waals surface area contributed by atoms with E-state index in [9.17, 15) is 0 Å². The lowest BCUT2D eigenvalue weighted by molar-refractivity contribution is 1.36. The molecule has 6 heteroatoms. The second kappa shape index (κ2) is 4.21. The van der Waals surface area contributed by atoms with Crippen molar-refractivity contribution in [1.82, 2.24) is 9.97 Å². The van der Waals surface area contributed by atoms with Crippen molar-refractivity contribution in [2.24, 2.45) is 0 Å². The molecule has 4 rings (SSSR count). The Kier molecular flexibility index (Phi) is 2.60. The van der Waals surface area contributed by atoms with Gasteiger partial charge in [-0.15, -0.1) is 22.7 Å². The molecule has 0 saturated heterocycles. The van der Waals surface area contributed by atoms with Crippen molar-refractivity contribution in [2.75, 3.05) is 0 Å². The third-order valence-electron chi connectivity index (χ3n) is 2.90. The topological polar surface area (TPSA) is 28.7 Å². The molecule has 0 unspecified atom stereocenters. The minimum atomic E-state index is 0.527. The van der Waals surface area contributed by atoms with Gasteiger partial charge in [-0.25, -0.2) is 4.98 Å². The summed E-state index contributed by atoms with van der Waals surface area (Å²) in [7, 11) is 0. The van der Waals surface area contributed by atoms with Crippen molar-refractivity contribution >= 4 is 66.3 Å². The highest BCUT2D eigenvalue weighted by molar-refractivity contribution is 7.28. The number of H-pyrrole nitrogens is 1. The number of nitrogens with one attached hydrogen (secondary N) is 1. The van der Waals surface area contributed by atoms with Crippen LogP contribution in [0.25, 0.3) is 31.1 Å². The fourth-order valence-corrected chi connectivity index (χ4v) is 4.38. The molecule has 0 aliphatic heterocycles. The number of hydrogen-bond acceptors (Lipinski definition) is 3. The molecule has 1 aromatic carbocycles. The maximum Gasteiger partial charge on any atom is 0.148 e. The third-order valence-corrected chi connectivity index (χ3v) is 5.72. The smallest absolute Gasteiger partial charge is 0.148 e. The van der Waals surface area contributed by atoms with E-state index >= 15 is 0 Å². The first kappa shape index (κ1) is 11.7. The van der Waals surface area contributed by atoms with Crippen molar-refractivity contribution in [3.05, 3.63) is 39.7 Å². The van der Waals surface area contributed by atoms with Crippen LogP contribution >= 0.6 is 45.9 Å². The van der Waals surface area contributed by atoms with Gasteiger partial charge in [-0.2, -0.15) is 0 Å². The highest BCUT2D eigenvalue weighted by Crippen LogP contribution is 2.36. The zero-order chi connectivity index (χ0) is 13.0. The molecular weight excluding hydrogens is 319 g/mol. The zero-order valence-electron chi connectivity index (χ0n) is 9.41. The van der Waals surface area contributed by atoms with Gasteiger partial charge in [0.25, 0.3) is 0 Å². The van der Waals surface area contributed by atoms with Crippen LogP contribution < -0.4 is 0 Å². The lowest BCUT2D eigenvalue weighted by Crippen LogP contribution is -1.72. The Hall–Kier alpha value is -1.07. The van der Waals surface area contributed by atoms with E-state index in [0.717, 1.165) is 21.7 Å². The molecule has 3 heterocycles. The molecule has 0 aliphatic rings. The molecule has 4 aromatic rings. The first-order chi connectivity index (χ1) is 9.20. The number of rotatable bonds is 1. The standard InChI is InChI=1S/C13H6Cl2N2S2/c14-6-3-8-9(4-7(6)15)17-13(16-8)12-5-11-10(19-12)1-2-18-11/h1-5H,(H,16,17). The first-order valence-corrected chi connectivity index (χ1v) is 7.98. The van der Waals surface area contributed by atoms with Crippen LogP contribution in [0.2, 0.25) is 10.0 Å². The number of nitrogens with zero attached hydrogens (tertiary/aromatic N) is 1. The Morgan fingerprint density at radius 2 is 1.89 bits per heavy atom. The fourth-order valence-electron chi connectivity index (χ4n) is 2.00. The number of imidazole rings is 1. The van der Waals surface area contributed by atoms with Gasteiger partial charge in [-0.1, -0.05) is 23.2 Å². The van der Waals surface area contributed by atoms with E-state index in [1.54, 1.807) is 28.7 Å². The van der Waals surface area contributed by atoms with Crippen molar-refractivity contribution < 1.29 is 0 Å². The number of hydrogen-bond donors (Lipinski definition) is 1. The molecule has 1 N–H and O–H groups in total. The number of fused-ring (bicyclic) bond motifs is 2. The van der Waals surface area contributed by atoms with Crippen molar-refractivity contribution in [3.8, 4) is 10.7 Å². The summed E-state index contributed by atoms with van der Waals surface area (Å²) in [6.45, 7) is 0. The molecule has 0 atom stereocenters. The van der Waals surface area contributed by atoms with Gasteiger partial charge in [0.2, 0.25) is 0 Å². The van der Waals surface area contributed by atoms with Crippen molar-refractivity contribution in [1.29, 1.82) is 0 Å². The highest BCUT2D eigenvalue weighted by atomic mass is 35.5. The van der Waals surface area contributed by atoms with Gasteiger partial charge in [-0.3, -0.25) is 0 Å². The van der Waals surface area contributed by atoms with E-state index in [1.165, 1.54) is 9.40 Å². The number of benzene rings is 1. The number of aromatic nitrogens is 2. The Balaban J connectivity index is 1.93. The van der Waals surface area contributed by atoms with E-state index in [1.807, 2.05) is 6.07 Å². The Labute approximate surface area is 126 Å². The lowest BCUT2D eigenvalue weighted by atomic mass is 10.3. The van der Waals surface area contributed by atoms with Crippen LogP contribution in [0.4, 0.5) is 0 Å². The first-order valence-electron chi connectivity index (χ1n) is 5.53. The van der Waals surface area contributed by atoms with Gasteiger partial charge in [0.1, 0.15) is 5.82 Å². The summed E-state index contributed by atoms with van der Waals surface area (Å²) in [6, 6.07) is 7.89. The predicted octanol–water partition coefficient (Wildman–Crippen LogP) is 5.81. The molecule has 19 heavy (non-hydrogen) atoms. The largest absolute Gasteiger partial charge is 0.337 e. The number of halogens is 2. The maximum absolute atomic E-state index is 6.01. The summed E-state index contributed by atoms with van der Waals surface area (Å²) in [5.41, 5.74) is 1.74. The average molecular weight is 325 g/mol. The van der Waals surface area contributed by atoms with Crippen molar-refractivity contribution in [3.63, 3.8) is 0 Å². The van der Waals surface area contributed by atoms with Crippen LogP contribution in [-0.2, 0) is 0 Å². The van der Waals surface area contributed by atoms with Crippen LogP contribution in [0.5, 0.6) is 0 Å². The monoisotopic (exact) mass is 324 g/mol. The molecule has 0 saturated carbocycles. The van der Waals surface area contributed by atoms with Crippen LogP contribution in [-0.4, -0.2) is 9.97 Å². The fraction of sp³-hybridized carbons (Fsp3) is 0. The summed E-state index contributed by atoms with van der Waals surface area (Å²) >= 11 is 15.5. The Morgan fingerprint density at radius 3 is 2.74 bits per heavy atom. The van der Waals surface area contributed by atoms with Gasteiger partial charge >= 0.3 is 0 Å². The third kappa shape index (κ3) is 1.87. The molecule has 3 aromatic heterocycles. The molecule has 0 bridgehead atoms. The number of thiophene rings is 2. The van der Waals surface area contributed by atoms with Crippen LogP contribution in [0, 0.1) is 0 Å². The van der Waals surface area contributed by atoms with E-state index in [0.29, 0.717) is 10.0 Å². The van der Waals surface area contributed by atoms with E-state index in [-0.39, 0.29) is 0 Å².